The zero-order chi connectivity index (χ0) is 29.4. The molecule has 1 unspecified atom stereocenters. The molecule has 0 bridgehead atoms. The van der Waals surface area contributed by atoms with Gasteiger partial charge in [-0.2, -0.15) is 0 Å². The lowest BCUT2D eigenvalue weighted by molar-refractivity contribution is -0.129. The van der Waals surface area contributed by atoms with E-state index >= 15 is 0 Å². The van der Waals surface area contributed by atoms with Gasteiger partial charge in [-0.25, -0.2) is 8.42 Å². The number of methoxy groups -OCH3 is 1. The lowest BCUT2D eigenvalue weighted by Crippen LogP contribution is -2.76. The topological polar surface area (TPSA) is 149 Å². The number of hydrogen-bond donors (Lipinski definition) is 4. The molecule has 5 N–H and O–H groups in total. The number of hydrogen-bond acceptors (Lipinski definition) is 10. The molecule has 3 aliphatic heterocycles. The fourth-order valence-corrected chi connectivity index (χ4v) is 7.79. The van der Waals surface area contributed by atoms with Gasteiger partial charge in [0.25, 0.3) is 5.91 Å². The first-order valence-electron chi connectivity index (χ1n) is 14.7. The van der Waals surface area contributed by atoms with Crippen LogP contribution in [-0.4, -0.2) is 92.5 Å². The number of benzene rings is 1. The molecular formula is C28H43N7O5S. The van der Waals surface area contributed by atoms with Gasteiger partial charge in [0.15, 0.2) is 9.84 Å². The third-order valence-corrected chi connectivity index (χ3v) is 10.3. The first kappa shape index (κ1) is 29.3. The largest absolute Gasteiger partial charge is 0.495 e. The Labute approximate surface area is 242 Å². The van der Waals surface area contributed by atoms with Crippen LogP contribution in [0.5, 0.6) is 5.75 Å². The zero-order valence-electron chi connectivity index (χ0n) is 24.2. The third kappa shape index (κ3) is 5.92. The van der Waals surface area contributed by atoms with Crippen LogP contribution >= 0.6 is 0 Å². The van der Waals surface area contributed by atoms with Crippen molar-refractivity contribution in [2.24, 2.45) is 5.73 Å². The molecule has 226 valence electrons. The second-order valence-electron chi connectivity index (χ2n) is 11.6. The Morgan fingerprint density at radius 3 is 2.51 bits per heavy atom. The van der Waals surface area contributed by atoms with Crippen LogP contribution in [0.1, 0.15) is 58.3 Å². The normalized spacial score (nSPS) is 25.5. The Balaban J connectivity index is 1.38. The van der Waals surface area contributed by atoms with Gasteiger partial charge in [0.2, 0.25) is 11.8 Å². The zero-order valence-corrected chi connectivity index (χ0v) is 25.1. The molecular weight excluding hydrogens is 546 g/mol. The Hall–Kier alpha value is -3.19. The molecule has 1 saturated heterocycles. The molecule has 1 saturated carbocycles. The maximum Gasteiger partial charge on any atom is 0.275 e. The number of nitrogens with two attached hydrogens (primary N) is 1. The average molecular weight is 590 g/mol. The minimum atomic E-state index is -3.90. The summed E-state index contributed by atoms with van der Waals surface area (Å²) in [4.78, 5) is 32.0. The average Bonchev–Trinajstić information content (AvgIpc) is 3.47. The van der Waals surface area contributed by atoms with E-state index in [0.717, 1.165) is 57.9 Å². The summed E-state index contributed by atoms with van der Waals surface area (Å²) < 4.78 is 31.8. The number of amides is 2. The van der Waals surface area contributed by atoms with E-state index in [1.165, 1.54) is 19.2 Å². The van der Waals surface area contributed by atoms with Crippen molar-refractivity contribution in [2.45, 2.75) is 81.2 Å². The number of piperidine rings is 1. The highest BCUT2D eigenvalue weighted by atomic mass is 32.2. The number of nitrogens with zero attached hydrogens (tertiary/aromatic N) is 3. The van der Waals surface area contributed by atoms with Crippen molar-refractivity contribution < 1.29 is 22.7 Å². The summed E-state index contributed by atoms with van der Waals surface area (Å²) >= 11 is 0. The number of sulfone groups is 1. The van der Waals surface area contributed by atoms with Crippen molar-refractivity contribution in [2.75, 3.05) is 44.9 Å². The second kappa shape index (κ2) is 11.6. The molecule has 5 rings (SSSR count). The van der Waals surface area contributed by atoms with Crippen molar-refractivity contribution in [1.82, 2.24) is 25.3 Å². The predicted molar refractivity (Wildman–Crippen MR) is 155 cm³/mol. The number of carbonyl (C=O) groups is 2. The monoisotopic (exact) mass is 589 g/mol. The lowest BCUT2D eigenvalue weighted by atomic mass is 10.0. The first-order valence-corrected chi connectivity index (χ1v) is 16.3. The highest BCUT2D eigenvalue weighted by molar-refractivity contribution is 7.92. The molecule has 41 heavy (non-hydrogen) atoms. The van der Waals surface area contributed by atoms with E-state index < -0.39 is 21.5 Å². The molecule has 1 aromatic rings. The van der Waals surface area contributed by atoms with Crippen molar-refractivity contribution in [3.63, 3.8) is 0 Å². The van der Waals surface area contributed by atoms with Gasteiger partial charge in [0.1, 0.15) is 23.0 Å². The summed E-state index contributed by atoms with van der Waals surface area (Å²) in [6.45, 7) is 4.07. The number of rotatable bonds is 8. The van der Waals surface area contributed by atoms with Gasteiger partial charge in [-0.05, 0) is 50.7 Å². The fourth-order valence-electron chi connectivity index (χ4n) is 6.55. The summed E-state index contributed by atoms with van der Waals surface area (Å²) in [5.41, 5.74) is 7.66. The Morgan fingerprint density at radius 2 is 1.85 bits per heavy atom. The summed E-state index contributed by atoms with van der Waals surface area (Å²) in [5, 5.41) is 9.34. The van der Waals surface area contributed by atoms with Crippen LogP contribution in [0.15, 0.2) is 34.6 Å². The molecule has 2 amide bonds. The van der Waals surface area contributed by atoms with Gasteiger partial charge in [0, 0.05) is 44.8 Å². The van der Waals surface area contributed by atoms with E-state index in [1.54, 1.807) is 11.0 Å². The molecule has 12 nitrogen and oxygen atoms in total. The third-order valence-electron chi connectivity index (χ3n) is 8.66. The lowest BCUT2D eigenvalue weighted by Gasteiger charge is -2.52. The van der Waals surface area contributed by atoms with Crippen molar-refractivity contribution in [1.29, 1.82) is 0 Å². The van der Waals surface area contributed by atoms with Crippen LogP contribution in [0.3, 0.4) is 0 Å². The van der Waals surface area contributed by atoms with E-state index in [0.29, 0.717) is 36.3 Å². The van der Waals surface area contributed by atoms with E-state index in [4.69, 9.17) is 10.5 Å². The predicted octanol–water partition coefficient (Wildman–Crippen LogP) is 1.32. The van der Waals surface area contributed by atoms with Crippen LogP contribution in [0.4, 0.5) is 5.69 Å². The number of nitrogens with one attached hydrogen (secondary N) is 3. The van der Waals surface area contributed by atoms with Gasteiger partial charge >= 0.3 is 0 Å². The Morgan fingerprint density at radius 1 is 1.15 bits per heavy atom. The summed E-state index contributed by atoms with van der Waals surface area (Å²) in [6.07, 6.45) is 8.19. The number of anilines is 1. The molecule has 3 heterocycles. The van der Waals surface area contributed by atoms with Gasteiger partial charge in [0.05, 0.1) is 17.7 Å². The van der Waals surface area contributed by atoms with Crippen LogP contribution in [0, 0.1) is 0 Å². The number of likely N-dealkylation sites (N-methyl/N-ethyl adjacent to an activating group) is 1. The summed E-state index contributed by atoms with van der Waals surface area (Å²) in [7, 11) is -0.554. The standard InChI is InChI=1S/C28H43N7O5S/c1-4-19-17-33(2)25-26(35(19)20-10-6-7-11-20)31-28(29,32-27(25)37)30-22-13-12-21(16-23(22)40-3)41(38,39)18-24(36)34-14-8-5-9-15-34/h12-13,16,19-20,30-31H,4-11,14-15,17-18,29H2,1-3H3,(H,32,37)/t19?,28-/m1/s1. The number of ether oxygens (including phenoxy) is 1. The smallest absolute Gasteiger partial charge is 0.275 e. The molecule has 13 heteroatoms. The molecule has 0 spiro atoms. The molecule has 0 aromatic heterocycles. The van der Waals surface area contributed by atoms with E-state index in [-0.39, 0.29) is 28.5 Å². The van der Waals surface area contributed by atoms with Crippen molar-refractivity contribution in [3.05, 3.63) is 29.7 Å². The second-order valence-corrected chi connectivity index (χ2v) is 13.5. The van der Waals surface area contributed by atoms with Gasteiger partial charge in [-0.1, -0.05) is 19.8 Å². The quantitative estimate of drug-likeness (QED) is 0.327. The highest BCUT2D eigenvalue weighted by Gasteiger charge is 2.46. The van der Waals surface area contributed by atoms with Crippen LogP contribution in [0.25, 0.3) is 0 Å². The maximum absolute atomic E-state index is 13.4. The molecule has 1 aromatic carbocycles. The first-order chi connectivity index (χ1) is 19.5. The van der Waals surface area contributed by atoms with Crippen molar-refractivity contribution in [3.8, 4) is 5.75 Å². The molecule has 1 aliphatic carbocycles. The molecule has 0 radical (unpaired) electrons. The van der Waals surface area contributed by atoms with Crippen LogP contribution in [-0.2, 0) is 19.4 Å². The Kier molecular flexibility index (Phi) is 8.29. The fraction of sp³-hybridized carbons (Fsp3) is 0.643. The van der Waals surface area contributed by atoms with Crippen LogP contribution < -0.4 is 26.4 Å². The van der Waals surface area contributed by atoms with E-state index in [1.807, 2.05) is 11.9 Å². The van der Waals surface area contributed by atoms with Gasteiger partial charge in [-0.3, -0.25) is 20.6 Å². The van der Waals surface area contributed by atoms with Gasteiger partial charge in [-0.15, -0.1) is 0 Å². The van der Waals surface area contributed by atoms with Gasteiger partial charge < -0.3 is 30.1 Å². The van der Waals surface area contributed by atoms with E-state index in [9.17, 15) is 18.0 Å². The highest BCUT2D eigenvalue weighted by Crippen LogP contribution is 2.36. The molecule has 4 aliphatic rings. The molecule has 2 atom stereocenters. The molecule has 2 fully saturated rings. The minimum Gasteiger partial charge on any atom is -0.495 e. The van der Waals surface area contributed by atoms with Crippen LogP contribution in [0.2, 0.25) is 0 Å². The Bertz CT molecular complexity index is 1310. The number of likely N-dealkylation sites (tertiary alicyclic amines) is 1. The minimum absolute atomic E-state index is 0.0194. The summed E-state index contributed by atoms with van der Waals surface area (Å²) in [6, 6.07) is 4.91. The maximum atomic E-state index is 13.4. The number of carbonyl (C=O) groups excluding carboxylic acids is 2. The SMILES string of the molecule is CCC1CN(C)C2=C(N[C@@](N)(Nc3ccc(S(=O)(=O)CC(=O)N4CCCCC4)cc3OC)NC2=O)N1C1CCCC1. The van der Waals surface area contributed by atoms with E-state index in [2.05, 4.69) is 27.8 Å². The van der Waals surface area contributed by atoms with Crippen molar-refractivity contribution >= 4 is 27.3 Å². The summed E-state index contributed by atoms with van der Waals surface area (Å²) in [5.74, 6) is -1.94.